The van der Waals surface area contributed by atoms with Crippen LogP contribution in [-0.2, 0) is 0 Å². The highest BCUT2D eigenvalue weighted by molar-refractivity contribution is 4.81. The van der Waals surface area contributed by atoms with Gasteiger partial charge in [0, 0.05) is 38.8 Å². The second-order valence-electron chi connectivity index (χ2n) is 3.44. The molecule has 1 rings (SSSR count). The van der Waals surface area contributed by atoms with Crippen LogP contribution < -0.4 is 11.1 Å². The van der Waals surface area contributed by atoms with Crippen LogP contribution in [0.1, 0.15) is 6.92 Å². The van der Waals surface area contributed by atoms with E-state index in [0.29, 0.717) is 12.6 Å². The molecule has 0 bridgehead atoms. The average Bonchev–Trinajstić information content (AvgIpc) is 2.04. The highest BCUT2D eigenvalue weighted by Gasteiger charge is 2.21. The Morgan fingerprint density at radius 3 is 3.08 bits per heavy atom. The quantitative estimate of drug-likeness (QED) is 0.491. The number of hydrogen-bond donors (Lipinski definition) is 3. The predicted octanol–water partition coefficient (Wildman–Crippen LogP) is -1.40. The Morgan fingerprint density at radius 2 is 2.50 bits per heavy atom. The maximum absolute atomic E-state index is 9.22. The lowest BCUT2D eigenvalue weighted by Gasteiger charge is -2.36. The normalized spacial score (nSPS) is 28.8. The Labute approximate surface area is 73.7 Å². The fourth-order valence-corrected chi connectivity index (χ4v) is 1.62. The first-order chi connectivity index (χ1) is 5.74. The first kappa shape index (κ1) is 9.92. The summed E-state index contributed by atoms with van der Waals surface area (Å²) in [6.45, 7) is 6.16. The Balaban J connectivity index is 2.36. The van der Waals surface area contributed by atoms with Crippen LogP contribution in [0.5, 0.6) is 0 Å². The van der Waals surface area contributed by atoms with Crippen LogP contribution in [0, 0.1) is 0 Å². The summed E-state index contributed by atoms with van der Waals surface area (Å²) in [6.07, 6.45) is -0.253. The zero-order valence-electron chi connectivity index (χ0n) is 7.66. The third-order valence-electron chi connectivity index (χ3n) is 2.24. The fraction of sp³-hybridized carbons (Fsp3) is 1.00. The first-order valence-electron chi connectivity index (χ1n) is 4.57. The van der Waals surface area contributed by atoms with Crippen molar-refractivity contribution >= 4 is 0 Å². The molecule has 2 atom stereocenters. The van der Waals surface area contributed by atoms with Crippen molar-refractivity contribution in [2.45, 2.75) is 19.1 Å². The van der Waals surface area contributed by atoms with Gasteiger partial charge in [-0.1, -0.05) is 0 Å². The predicted molar refractivity (Wildman–Crippen MR) is 49.0 cm³/mol. The van der Waals surface area contributed by atoms with Gasteiger partial charge in [0.05, 0.1) is 6.10 Å². The molecular weight excluding hydrogens is 154 g/mol. The van der Waals surface area contributed by atoms with Crippen molar-refractivity contribution in [2.24, 2.45) is 5.73 Å². The molecule has 1 saturated heterocycles. The van der Waals surface area contributed by atoms with Gasteiger partial charge in [0.2, 0.25) is 0 Å². The van der Waals surface area contributed by atoms with Crippen LogP contribution >= 0.6 is 0 Å². The summed E-state index contributed by atoms with van der Waals surface area (Å²) in [6, 6.07) is 0.397. The largest absolute Gasteiger partial charge is 0.392 e. The molecule has 1 fully saturated rings. The van der Waals surface area contributed by atoms with E-state index < -0.39 is 0 Å². The van der Waals surface area contributed by atoms with Crippen LogP contribution in [0.15, 0.2) is 0 Å². The maximum Gasteiger partial charge on any atom is 0.0639 e. The lowest BCUT2D eigenvalue weighted by Crippen LogP contribution is -2.55. The molecule has 4 heteroatoms. The second kappa shape index (κ2) is 4.77. The summed E-state index contributed by atoms with van der Waals surface area (Å²) in [4.78, 5) is 2.25. The van der Waals surface area contributed by atoms with Crippen molar-refractivity contribution in [3.05, 3.63) is 0 Å². The Morgan fingerprint density at radius 1 is 1.75 bits per heavy atom. The van der Waals surface area contributed by atoms with Crippen molar-refractivity contribution in [3.63, 3.8) is 0 Å². The van der Waals surface area contributed by atoms with Crippen LogP contribution in [0.4, 0.5) is 0 Å². The summed E-state index contributed by atoms with van der Waals surface area (Å²) < 4.78 is 0. The van der Waals surface area contributed by atoms with Gasteiger partial charge in [0.15, 0.2) is 0 Å². The molecule has 0 aliphatic carbocycles. The van der Waals surface area contributed by atoms with E-state index in [1.54, 1.807) is 0 Å². The lowest BCUT2D eigenvalue weighted by atomic mass is 10.2. The molecular formula is C8H19N3O. The summed E-state index contributed by atoms with van der Waals surface area (Å²) >= 11 is 0. The Kier molecular flexibility index (Phi) is 3.94. The molecule has 0 aromatic heterocycles. The molecule has 0 radical (unpaired) electrons. The van der Waals surface area contributed by atoms with E-state index >= 15 is 0 Å². The summed E-state index contributed by atoms with van der Waals surface area (Å²) in [7, 11) is 0. The molecule has 1 heterocycles. The molecule has 12 heavy (non-hydrogen) atoms. The molecule has 4 N–H and O–H groups in total. The van der Waals surface area contributed by atoms with Gasteiger partial charge in [-0.3, -0.25) is 4.90 Å². The van der Waals surface area contributed by atoms with Gasteiger partial charge < -0.3 is 16.2 Å². The third-order valence-corrected chi connectivity index (χ3v) is 2.24. The van der Waals surface area contributed by atoms with E-state index in [1.807, 2.05) is 6.92 Å². The smallest absolute Gasteiger partial charge is 0.0639 e. The van der Waals surface area contributed by atoms with Crippen LogP contribution in [-0.4, -0.2) is 54.9 Å². The summed E-state index contributed by atoms with van der Waals surface area (Å²) in [5.41, 5.74) is 5.61. The SMILES string of the molecule is CC(O)CN1CCNCC1CN. The molecule has 0 saturated carbocycles. The van der Waals surface area contributed by atoms with Gasteiger partial charge in [0.25, 0.3) is 0 Å². The number of rotatable bonds is 3. The first-order valence-corrected chi connectivity index (χ1v) is 4.57. The molecule has 72 valence electrons. The number of nitrogens with two attached hydrogens (primary N) is 1. The number of β-amino-alcohol motifs (C(OH)–C–C–N with tert-alkyl or cyclic N) is 1. The number of aliphatic hydroxyl groups excluding tert-OH is 1. The minimum absolute atomic E-state index is 0.253. The number of piperazine rings is 1. The maximum atomic E-state index is 9.22. The van der Waals surface area contributed by atoms with E-state index in [-0.39, 0.29) is 6.10 Å². The van der Waals surface area contributed by atoms with Gasteiger partial charge in [-0.15, -0.1) is 0 Å². The summed E-state index contributed by atoms with van der Waals surface area (Å²) in [5.74, 6) is 0. The van der Waals surface area contributed by atoms with E-state index in [4.69, 9.17) is 5.73 Å². The second-order valence-corrected chi connectivity index (χ2v) is 3.44. The van der Waals surface area contributed by atoms with Gasteiger partial charge in [0.1, 0.15) is 0 Å². The van der Waals surface area contributed by atoms with Crippen molar-refractivity contribution < 1.29 is 5.11 Å². The van der Waals surface area contributed by atoms with Crippen LogP contribution in [0.3, 0.4) is 0 Å². The molecule has 4 nitrogen and oxygen atoms in total. The van der Waals surface area contributed by atoms with Crippen LogP contribution in [0.2, 0.25) is 0 Å². The van der Waals surface area contributed by atoms with Crippen molar-refractivity contribution in [3.8, 4) is 0 Å². The Bertz CT molecular complexity index is 129. The highest BCUT2D eigenvalue weighted by Crippen LogP contribution is 2.02. The number of aliphatic hydroxyl groups is 1. The molecule has 0 aromatic carbocycles. The average molecular weight is 173 g/mol. The summed E-state index contributed by atoms with van der Waals surface area (Å²) in [5, 5.41) is 12.5. The monoisotopic (exact) mass is 173 g/mol. The van der Waals surface area contributed by atoms with Crippen molar-refractivity contribution in [2.75, 3.05) is 32.7 Å². The minimum Gasteiger partial charge on any atom is -0.392 e. The lowest BCUT2D eigenvalue weighted by molar-refractivity contribution is 0.0863. The van der Waals surface area contributed by atoms with E-state index in [2.05, 4.69) is 10.2 Å². The van der Waals surface area contributed by atoms with E-state index in [9.17, 15) is 5.11 Å². The van der Waals surface area contributed by atoms with E-state index in [0.717, 1.165) is 26.2 Å². The fourth-order valence-electron chi connectivity index (χ4n) is 1.62. The molecule has 1 aliphatic heterocycles. The number of nitrogens with one attached hydrogen (secondary N) is 1. The van der Waals surface area contributed by atoms with Crippen molar-refractivity contribution in [1.82, 2.24) is 10.2 Å². The van der Waals surface area contributed by atoms with E-state index in [1.165, 1.54) is 0 Å². The van der Waals surface area contributed by atoms with Gasteiger partial charge in [-0.05, 0) is 6.92 Å². The third kappa shape index (κ3) is 2.71. The minimum atomic E-state index is -0.253. The molecule has 0 amide bonds. The Hall–Kier alpha value is -0.160. The van der Waals surface area contributed by atoms with Gasteiger partial charge in [-0.2, -0.15) is 0 Å². The molecule has 1 aliphatic rings. The molecule has 0 aromatic rings. The van der Waals surface area contributed by atoms with Crippen LogP contribution in [0.25, 0.3) is 0 Å². The number of nitrogens with zero attached hydrogens (tertiary/aromatic N) is 1. The van der Waals surface area contributed by atoms with Gasteiger partial charge >= 0.3 is 0 Å². The highest BCUT2D eigenvalue weighted by atomic mass is 16.3. The van der Waals surface area contributed by atoms with Gasteiger partial charge in [-0.25, -0.2) is 0 Å². The topological polar surface area (TPSA) is 61.5 Å². The number of hydrogen-bond acceptors (Lipinski definition) is 4. The zero-order chi connectivity index (χ0) is 8.97. The standard InChI is InChI=1S/C8H19N3O/c1-7(12)6-11-3-2-10-5-8(11)4-9/h7-8,10,12H,2-6,9H2,1H3. The molecule has 2 unspecified atom stereocenters. The molecule has 0 spiro atoms. The zero-order valence-corrected chi connectivity index (χ0v) is 7.66. The van der Waals surface area contributed by atoms with Crippen molar-refractivity contribution in [1.29, 1.82) is 0 Å².